The van der Waals surface area contributed by atoms with Gasteiger partial charge >= 0.3 is 0 Å². The fraction of sp³-hybridized carbons (Fsp3) is 0.429. The lowest BCUT2D eigenvalue weighted by Gasteiger charge is -2.10. The number of benzene rings is 1. The van der Waals surface area contributed by atoms with E-state index in [1.54, 1.807) is 16.4 Å². The number of thioether (sulfide) groups is 1. The molecular weight excluding hydrogens is 258 g/mol. The molecule has 0 aliphatic carbocycles. The van der Waals surface area contributed by atoms with Gasteiger partial charge in [-0.2, -0.15) is 5.10 Å². The van der Waals surface area contributed by atoms with E-state index in [1.165, 1.54) is 4.90 Å². The Labute approximate surface area is 117 Å². The zero-order chi connectivity index (χ0) is 13.8. The molecule has 1 aromatic heterocycles. The van der Waals surface area contributed by atoms with E-state index >= 15 is 0 Å². The molecule has 0 fully saturated rings. The number of aliphatic hydroxyl groups is 1. The van der Waals surface area contributed by atoms with Gasteiger partial charge in [0.05, 0.1) is 12.6 Å². The van der Waals surface area contributed by atoms with Crippen LogP contribution < -0.4 is 0 Å². The number of aromatic nitrogens is 3. The molecule has 1 N–H and O–H groups in total. The van der Waals surface area contributed by atoms with Gasteiger partial charge in [-0.05, 0) is 31.7 Å². The smallest absolute Gasteiger partial charge is 0.158 e. The summed E-state index contributed by atoms with van der Waals surface area (Å²) >= 11 is 1.71. The van der Waals surface area contributed by atoms with Crippen LogP contribution >= 0.6 is 11.8 Å². The quantitative estimate of drug-likeness (QED) is 0.854. The highest BCUT2D eigenvalue weighted by Gasteiger charge is 2.12. The van der Waals surface area contributed by atoms with E-state index in [0.717, 1.165) is 17.2 Å². The molecule has 2 aromatic rings. The minimum atomic E-state index is -0.384. The monoisotopic (exact) mass is 277 g/mol. The maximum Gasteiger partial charge on any atom is 0.158 e. The van der Waals surface area contributed by atoms with Gasteiger partial charge in [0.15, 0.2) is 5.82 Å². The highest BCUT2D eigenvalue weighted by molar-refractivity contribution is 7.98. The van der Waals surface area contributed by atoms with Crippen LogP contribution in [-0.2, 0) is 6.54 Å². The zero-order valence-corrected chi connectivity index (χ0v) is 12.3. The molecular formula is C14H19N3OS. The molecule has 0 aliphatic heterocycles. The number of rotatable bonds is 5. The van der Waals surface area contributed by atoms with Crippen molar-refractivity contribution in [2.24, 2.45) is 0 Å². The summed E-state index contributed by atoms with van der Waals surface area (Å²) < 4.78 is 1.79. The Balaban J connectivity index is 2.32. The van der Waals surface area contributed by atoms with Gasteiger partial charge in [-0.15, -0.1) is 11.8 Å². The van der Waals surface area contributed by atoms with Crippen molar-refractivity contribution >= 4 is 11.8 Å². The van der Waals surface area contributed by atoms with Crippen molar-refractivity contribution in [1.29, 1.82) is 0 Å². The molecule has 0 saturated heterocycles. The van der Waals surface area contributed by atoms with Crippen molar-refractivity contribution in [2.45, 2.75) is 37.8 Å². The Kier molecular flexibility index (Phi) is 4.61. The lowest BCUT2D eigenvalue weighted by Crippen LogP contribution is -2.16. The molecule has 0 radical (unpaired) electrons. The molecule has 0 spiro atoms. The summed E-state index contributed by atoms with van der Waals surface area (Å²) in [5.41, 5.74) is 1.03. The largest absolute Gasteiger partial charge is 0.391 e. The summed E-state index contributed by atoms with van der Waals surface area (Å²) in [6.45, 7) is 4.31. The first-order chi connectivity index (χ1) is 9.13. The second kappa shape index (κ2) is 6.21. The molecule has 0 bridgehead atoms. The third-order valence-corrected chi connectivity index (χ3v) is 3.72. The van der Waals surface area contributed by atoms with Gasteiger partial charge in [-0.3, -0.25) is 0 Å². The van der Waals surface area contributed by atoms with Crippen molar-refractivity contribution in [3.63, 3.8) is 0 Å². The highest BCUT2D eigenvalue weighted by Crippen LogP contribution is 2.22. The van der Waals surface area contributed by atoms with Crippen molar-refractivity contribution in [3.8, 4) is 11.4 Å². The van der Waals surface area contributed by atoms with Crippen LogP contribution in [0.3, 0.4) is 0 Å². The maximum atomic E-state index is 9.78. The molecule has 102 valence electrons. The average Bonchev–Trinajstić information content (AvgIpc) is 2.79. The Morgan fingerprint density at radius 1 is 1.32 bits per heavy atom. The lowest BCUT2D eigenvalue weighted by atomic mass is 10.2. The first kappa shape index (κ1) is 14.1. The van der Waals surface area contributed by atoms with Crippen molar-refractivity contribution in [3.05, 3.63) is 30.1 Å². The van der Waals surface area contributed by atoms with Gasteiger partial charge in [0.25, 0.3) is 0 Å². The molecule has 2 rings (SSSR count). The van der Waals surface area contributed by atoms with Gasteiger partial charge < -0.3 is 5.11 Å². The van der Waals surface area contributed by atoms with Crippen LogP contribution in [0.25, 0.3) is 11.4 Å². The molecule has 0 saturated carbocycles. The SMILES string of the molecule is CC[C@H](O)Cn1nc(C)nc1-c1ccc(SC)cc1. The average molecular weight is 277 g/mol. The van der Waals surface area contributed by atoms with Crippen LogP contribution in [0.1, 0.15) is 19.2 Å². The number of hydrogen-bond donors (Lipinski definition) is 1. The Morgan fingerprint density at radius 2 is 2.00 bits per heavy atom. The van der Waals surface area contributed by atoms with Crippen LogP contribution in [0, 0.1) is 6.92 Å². The molecule has 0 unspecified atom stereocenters. The summed E-state index contributed by atoms with van der Waals surface area (Å²) in [5.74, 6) is 1.55. The second-order valence-electron chi connectivity index (χ2n) is 4.46. The van der Waals surface area contributed by atoms with Crippen molar-refractivity contribution < 1.29 is 5.11 Å². The second-order valence-corrected chi connectivity index (χ2v) is 5.33. The van der Waals surface area contributed by atoms with Gasteiger partial charge in [0.2, 0.25) is 0 Å². The topological polar surface area (TPSA) is 50.9 Å². The lowest BCUT2D eigenvalue weighted by molar-refractivity contribution is 0.145. The summed E-state index contributed by atoms with van der Waals surface area (Å²) in [7, 11) is 0. The van der Waals surface area contributed by atoms with E-state index in [0.29, 0.717) is 13.0 Å². The van der Waals surface area contributed by atoms with E-state index in [4.69, 9.17) is 0 Å². The summed E-state index contributed by atoms with van der Waals surface area (Å²) in [6.07, 6.45) is 2.38. The molecule has 4 nitrogen and oxygen atoms in total. The van der Waals surface area contributed by atoms with Gasteiger partial charge in [-0.25, -0.2) is 9.67 Å². The van der Waals surface area contributed by atoms with Gasteiger partial charge in [0, 0.05) is 10.5 Å². The van der Waals surface area contributed by atoms with Gasteiger partial charge in [-0.1, -0.05) is 19.1 Å². The van der Waals surface area contributed by atoms with Gasteiger partial charge in [0.1, 0.15) is 5.82 Å². The standard InChI is InChI=1S/C14H19N3OS/c1-4-12(18)9-17-14(15-10(2)16-17)11-5-7-13(19-3)8-6-11/h5-8,12,18H,4,9H2,1-3H3/t12-/m0/s1. The fourth-order valence-electron chi connectivity index (χ4n) is 1.87. The molecule has 19 heavy (non-hydrogen) atoms. The number of nitrogens with zero attached hydrogens (tertiary/aromatic N) is 3. The van der Waals surface area contributed by atoms with Crippen LogP contribution in [0.4, 0.5) is 0 Å². The minimum Gasteiger partial charge on any atom is -0.391 e. The molecule has 0 aliphatic rings. The maximum absolute atomic E-state index is 9.78. The molecule has 1 heterocycles. The van der Waals surface area contributed by atoms with Crippen molar-refractivity contribution in [1.82, 2.24) is 14.8 Å². The number of aliphatic hydroxyl groups excluding tert-OH is 1. The Morgan fingerprint density at radius 3 is 2.58 bits per heavy atom. The Bertz CT molecular complexity index is 536. The van der Waals surface area contributed by atoms with Crippen LogP contribution in [-0.4, -0.2) is 32.2 Å². The van der Waals surface area contributed by atoms with E-state index in [1.807, 2.05) is 26.0 Å². The third-order valence-electron chi connectivity index (χ3n) is 2.98. The molecule has 1 aromatic carbocycles. The van der Waals surface area contributed by atoms with Crippen molar-refractivity contribution in [2.75, 3.05) is 6.26 Å². The zero-order valence-electron chi connectivity index (χ0n) is 11.5. The van der Waals surface area contributed by atoms with Crippen LogP contribution in [0.15, 0.2) is 29.2 Å². The third kappa shape index (κ3) is 3.36. The predicted octanol–water partition coefficient (Wildman–Crippen LogP) is 2.75. The molecule has 1 atom stereocenters. The number of hydrogen-bond acceptors (Lipinski definition) is 4. The Hall–Kier alpha value is -1.33. The van der Waals surface area contributed by atoms with E-state index in [-0.39, 0.29) is 6.10 Å². The van der Waals surface area contributed by atoms with E-state index in [9.17, 15) is 5.11 Å². The normalized spacial score (nSPS) is 12.6. The highest BCUT2D eigenvalue weighted by atomic mass is 32.2. The summed E-state index contributed by atoms with van der Waals surface area (Å²) in [4.78, 5) is 5.68. The fourth-order valence-corrected chi connectivity index (χ4v) is 2.27. The van der Waals surface area contributed by atoms with Crippen LogP contribution in [0.2, 0.25) is 0 Å². The van der Waals surface area contributed by atoms with E-state index in [2.05, 4.69) is 28.5 Å². The van der Waals surface area contributed by atoms with Crippen LogP contribution in [0.5, 0.6) is 0 Å². The molecule has 0 amide bonds. The summed E-state index contributed by atoms with van der Waals surface area (Å²) in [6, 6.07) is 8.24. The van der Waals surface area contributed by atoms with E-state index < -0.39 is 0 Å². The number of aryl methyl sites for hydroxylation is 1. The first-order valence-electron chi connectivity index (χ1n) is 6.38. The molecule has 5 heteroatoms. The summed E-state index contributed by atoms with van der Waals surface area (Å²) in [5, 5.41) is 14.1. The minimum absolute atomic E-state index is 0.384. The first-order valence-corrected chi connectivity index (χ1v) is 7.60. The predicted molar refractivity (Wildman–Crippen MR) is 78.3 cm³/mol.